The second-order valence-corrected chi connectivity index (χ2v) is 4.04. The van der Waals surface area contributed by atoms with E-state index in [9.17, 15) is 4.79 Å². The second kappa shape index (κ2) is 3.84. The monoisotopic (exact) mass is 222 g/mol. The van der Waals surface area contributed by atoms with Crippen molar-refractivity contribution in [3.63, 3.8) is 0 Å². The summed E-state index contributed by atoms with van der Waals surface area (Å²) < 4.78 is 10.8. The van der Waals surface area contributed by atoms with Crippen molar-refractivity contribution in [2.45, 2.75) is 19.1 Å². The molecule has 86 valence electrons. The molecule has 5 nitrogen and oxygen atoms in total. The van der Waals surface area contributed by atoms with Crippen molar-refractivity contribution >= 4 is 5.91 Å². The van der Waals surface area contributed by atoms with Crippen LogP contribution in [0, 0.1) is 0 Å². The van der Waals surface area contributed by atoms with E-state index in [-0.39, 0.29) is 5.69 Å². The number of carbonyl (C=O) groups is 1. The second-order valence-electron chi connectivity index (χ2n) is 4.04. The number of ether oxygens (including phenoxy) is 2. The minimum absolute atomic E-state index is 0.256. The van der Waals surface area contributed by atoms with Crippen LogP contribution in [0.1, 0.15) is 28.5 Å². The van der Waals surface area contributed by atoms with E-state index in [0.29, 0.717) is 13.2 Å². The minimum Gasteiger partial charge on any atom is -0.381 e. The van der Waals surface area contributed by atoms with Gasteiger partial charge in [-0.25, -0.2) is 0 Å². The van der Waals surface area contributed by atoms with Crippen molar-refractivity contribution in [1.82, 2.24) is 4.98 Å². The lowest BCUT2D eigenvalue weighted by Gasteiger charge is -2.23. The summed E-state index contributed by atoms with van der Waals surface area (Å²) in [5.74, 6) is -0.533. The molecule has 0 radical (unpaired) electrons. The average molecular weight is 222 g/mol. The highest BCUT2D eigenvalue weighted by Crippen LogP contribution is 2.36. The number of carbonyl (C=O) groups excluding carboxylic acids is 1. The van der Waals surface area contributed by atoms with E-state index in [4.69, 9.17) is 15.2 Å². The van der Waals surface area contributed by atoms with E-state index in [1.807, 2.05) is 6.92 Å². The predicted molar refractivity (Wildman–Crippen MR) is 56.8 cm³/mol. The first kappa shape index (κ1) is 11.0. The van der Waals surface area contributed by atoms with Gasteiger partial charge in [0.05, 0.1) is 13.2 Å². The van der Waals surface area contributed by atoms with Crippen LogP contribution in [-0.2, 0) is 21.7 Å². The SMILES string of the molecule is COCC1(C)OCc2cnc(C(N)=O)cc21. The number of pyridine rings is 1. The Kier molecular flexibility index (Phi) is 2.65. The van der Waals surface area contributed by atoms with Crippen molar-refractivity contribution < 1.29 is 14.3 Å². The standard InChI is InChI=1S/C11H14N2O3/c1-11(6-15-2)8-3-9(10(12)14)13-4-7(8)5-16-11/h3-4H,5-6H2,1-2H3,(H2,12,14). The molecule has 2 N–H and O–H groups in total. The van der Waals surface area contributed by atoms with Crippen molar-refractivity contribution in [3.8, 4) is 0 Å². The number of amides is 1. The molecule has 1 aromatic heterocycles. The molecule has 1 aliphatic rings. The Labute approximate surface area is 93.6 Å². The molecule has 1 amide bonds. The summed E-state index contributed by atoms with van der Waals surface area (Å²) in [6.45, 7) is 2.84. The molecule has 0 aliphatic carbocycles. The molecule has 0 fully saturated rings. The van der Waals surface area contributed by atoms with Crippen molar-refractivity contribution in [2.75, 3.05) is 13.7 Å². The highest BCUT2D eigenvalue weighted by atomic mass is 16.5. The third-order valence-electron chi connectivity index (χ3n) is 2.77. The summed E-state index contributed by atoms with van der Waals surface area (Å²) in [4.78, 5) is 15.0. The molecule has 1 atom stereocenters. The molecule has 1 aromatic rings. The molecular formula is C11H14N2O3. The fourth-order valence-electron chi connectivity index (χ4n) is 1.94. The number of hydrogen-bond acceptors (Lipinski definition) is 4. The molecule has 0 saturated heterocycles. The van der Waals surface area contributed by atoms with Gasteiger partial charge < -0.3 is 15.2 Å². The fourth-order valence-corrected chi connectivity index (χ4v) is 1.94. The lowest BCUT2D eigenvalue weighted by Crippen LogP contribution is -2.27. The Morgan fingerprint density at radius 3 is 3.12 bits per heavy atom. The van der Waals surface area contributed by atoms with E-state index >= 15 is 0 Å². The predicted octanol–water partition coefficient (Wildman–Crippen LogP) is 0.572. The van der Waals surface area contributed by atoms with Gasteiger partial charge in [0.15, 0.2) is 0 Å². The van der Waals surface area contributed by atoms with E-state index in [1.54, 1.807) is 19.4 Å². The van der Waals surface area contributed by atoms with Gasteiger partial charge in [0.2, 0.25) is 0 Å². The Balaban J connectivity index is 2.44. The van der Waals surface area contributed by atoms with Crippen LogP contribution in [0.25, 0.3) is 0 Å². The zero-order valence-corrected chi connectivity index (χ0v) is 9.32. The largest absolute Gasteiger partial charge is 0.381 e. The molecule has 0 aromatic carbocycles. The molecule has 0 bridgehead atoms. The maximum Gasteiger partial charge on any atom is 0.267 e. The third-order valence-corrected chi connectivity index (χ3v) is 2.77. The van der Waals surface area contributed by atoms with Crippen LogP contribution in [0.2, 0.25) is 0 Å². The number of nitrogens with two attached hydrogens (primary N) is 1. The highest BCUT2D eigenvalue weighted by molar-refractivity contribution is 5.91. The van der Waals surface area contributed by atoms with E-state index in [1.165, 1.54) is 0 Å². The maximum atomic E-state index is 11.1. The van der Waals surface area contributed by atoms with Gasteiger partial charge in [0.1, 0.15) is 11.3 Å². The van der Waals surface area contributed by atoms with Gasteiger partial charge in [-0.2, -0.15) is 0 Å². The molecular weight excluding hydrogens is 208 g/mol. The smallest absolute Gasteiger partial charge is 0.267 e. The van der Waals surface area contributed by atoms with Crippen LogP contribution in [-0.4, -0.2) is 24.6 Å². The summed E-state index contributed by atoms with van der Waals surface area (Å²) >= 11 is 0. The molecule has 5 heteroatoms. The topological polar surface area (TPSA) is 74.4 Å². The Morgan fingerprint density at radius 2 is 2.50 bits per heavy atom. The van der Waals surface area contributed by atoms with Crippen LogP contribution in [0.3, 0.4) is 0 Å². The van der Waals surface area contributed by atoms with Crippen LogP contribution < -0.4 is 5.73 Å². The van der Waals surface area contributed by atoms with Crippen LogP contribution in [0.4, 0.5) is 0 Å². The molecule has 2 heterocycles. The molecule has 2 rings (SSSR count). The quantitative estimate of drug-likeness (QED) is 0.811. The van der Waals surface area contributed by atoms with E-state index < -0.39 is 11.5 Å². The Hall–Kier alpha value is -1.46. The first-order chi connectivity index (χ1) is 7.57. The minimum atomic E-state index is -0.533. The summed E-state index contributed by atoms with van der Waals surface area (Å²) in [6, 6.07) is 1.68. The van der Waals surface area contributed by atoms with Gasteiger partial charge in [-0.15, -0.1) is 0 Å². The third kappa shape index (κ3) is 1.68. The number of primary amides is 1. The van der Waals surface area contributed by atoms with E-state index in [0.717, 1.165) is 11.1 Å². The molecule has 1 aliphatic heterocycles. The Morgan fingerprint density at radius 1 is 1.75 bits per heavy atom. The first-order valence-electron chi connectivity index (χ1n) is 4.99. The van der Waals surface area contributed by atoms with Gasteiger partial charge in [-0.3, -0.25) is 9.78 Å². The lowest BCUT2D eigenvalue weighted by atomic mass is 9.95. The van der Waals surface area contributed by atoms with Crippen molar-refractivity contribution in [1.29, 1.82) is 0 Å². The number of aromatic nitrogens is 1. The van der Waals surface area contributed by atoms with Crippen LogP contribution in [0.5, 0.6) is 0 Å². The van der Waals surface area contributed by atoms with Gasteiger partial charge >= 0.3 is 0 Å². The normalized spacial score (nSPS) is 23.1. The summed E-state index contributed by atoms with van der Waals surface area (Å²) in [6.07, 6.45) is 1.64. The van der Waals surface area contributed by atoms with Crippen LogP contribution >= 0.6 is 0 Å². The summed E-state index contributed by atoms with van der Waals surface area (Å²) in [7, 11) is 1.61. The Bertz CT molecular complexity index is 429. The molecule has 0 spiro atoms. The summed E-state index contributed by atoms with van der Waals surface area (Å²) in [5.41, 5.74) is 6.84. The average Bonchev–Trinajstić information content (AvgIpc) is 2.57. The van der Waals surface area contributed by atoms with Gasteiger partial charge in [0, 0.05) is 18.9 Å². The number of hydrogen-bond donors (Lipinski definition) is 1. The van der Waals surface area contributed by atoms with Gasteiger partial charge in [-0.1, -0.05) is 0 Å². The number of rotatable bonds is 3. The van der Waals surface area contributed by atoms with Gasteiger partial charge in [0.25, 0.3) is 5.91 Å². The van der Waals surface area contributed by atoms with E-state index in [2.05, 4.69) is 4.98 Å². The number of methoxy groups -OCH3 is 1. The number of nitrogens with zero attached hydrogens (tertiary/aromatic N) is 1. The highest BCUT2D eigenvalue weighted by Gasteiger charge is 2.36. The first-order valence-corrected chi connectivity index (χ1v) is 4.99. The number of fused-ring (bicyclic) bond motifs is 1. The van der Waals surface area contributed by atoms with Gasteiger partial charge in [-0.05, 0) is 18.6 Å². The van der Waals surface area contributed by atoms with Crippen LogP contribution in [0.15, 0.2) is 12.3 Å². The summed E-state index contributed by atoms with van der Waals surface area (Å²) in [5, 5.41) is 0. The molecule has 16 heavy (non-hydrogen) atoms. The lowest BCUT2D eigenvalue weighted by molar-refractivity contribution is -0.0716. The van der Waals surface area contributed by atoms with Crippen molar-refractivity contribution in [2.24, 2.45) is 5.73 Å². The zero-order valence-electron chi connectivity index (χ0n) is 9.32. The zero-order chi connectivity index (χ0) is 11.8. The molecule has 0 saturated carbocycles. The van der Waals surface area contributed by atoms with Crippen molar-refractivity contribution in [3.05, 3.63) is 29.1 Å². The molecule has 1 unspecified atom stereocenters. The fraction of sp³-hybridized carbons (Fsp3) is 0.455. The maximum absolute atomic E-state index is 11.1.